The van der Waals surface area contributed by atoms with E-state index in [9.17, 15) is 14.4 Å². The summed E-state index contributed by atoms with van der Waals surface area (Å²) >= 11 is 0. The molecule has 0 aromatic heterocycles. The summed E-state index contributed by atoms with van der Waals surface area (Å²) in [5.41, 5.74) is 0. The quantitative estimate of drug-likeness (QED) is 0.478. The molecule has 0 saturated heterocycles. The number of aldehydes is 1. The Balaban J connectivity index is 2.72. The lowest BCUT2D eigenvalue weighted by atomic mass is 10.1. The first-order valence-electron chi connectivity index (χ1n) is 4.69. The average Bonchev–Trinajstić information content (AvgIpc) is 2.46. The van der Waals surface area contributed by atoms with Gasteiger partial charge in [-0.2, -0.15) is 0 Å². The summed E-state index contributed by atoms with van der Waals surface area (Å²) in [5.74, 6) is -0.620. The van der Waals surface area contributed by atoms with E-state index < -0.39 is 0 Å². The van der Waals surface area contributed by atoms with Gasteiger partial charge >= 0.3 is 0 Å². The van der Waals surface area contributed by atoms with Crippen LogP contribution in [0.5, 0.6) is 0 Å². The average molecular weight is 195 g/mol. The molecule has 1 atom stereocenters. The second-order valence-electron chi connectivity index (χ2n) is 3.22. The van der Waals surface area contributed by atoms with Crippen LogP contribution in [0.2, 0.25) is 0 Å². The molecule has 76 valence electrons. The minimum atomic E-state index is -0.310. The summed E-state index contributed by atoms with van der Waals surface area (Å²) in [5, 5.41) is 0. The molecule has 1 aliphatic rings. The molecular formula is C10H13NO3. The van der Waals surface area contributed by atoms with Gasteiger partial charge in [-0.05, 0) is 6.42 Å². The lowest BCUT2D eigenvalue weighted by Gasteiger charge is -2.23. The molecule has 0 fully saturated rings. The lowest BCUT2D eigenvalue weighted by molar-refractivity contribution is -0.139. The maximum atomic E-state index is 11.3. The molecule has 0 N–H and O–H groups in total. The van der Waals surface area contributed by atoms with E-state index in [2.05, 4.69) is 0 Å². The first-order valence-corrected chi connectivity index (χ1v) is 4.69. The zero-order chi connectivity index (χ0) is 10.6. The topological polar surface area (TPSA) is 54.5 Å². The van der Waals surface area contributed by atoms with Crippen molar-refractivity contribution in [3.63, 3.8) is 0 Å². The van der Waals surface area contributed by atoms with Gasteiger partial charge in [0.05, 0.1) is 0 Å². The van der Waals surface area contributed by atoms with Crippen molar-refractivity contribution in [1.29, 1.82) is 0 Å². The number of carbonyl (C=O) groups excluding carboxylic acids is 3. The Bertz CT molecular complexity index is 265. The van der Waals surface area contributed by atoms with Crippen molar-refractivity contribution in [1.82, 2.24) is 4.90 Å². The highest BCUT2D eigenvalue weighted by Gasteiger charge is 2.29. The molecule has 0 radical (unpaired) electrons. The molecule has 1 aliphatic heterocycles. The van der Waals surface area contributed by atoms with Crippen molar-refractivity contribution < 1.29 is 14.4 Å². The number of hydrogen-bond acceptors (Lipinski definition) is 3. The molecule has 0 aliphatic carbocycles. The highest BCUT2D eigenvalue weighted by atomic mass is 16.2. The monoisotopic (exact) mass is 195 g/mol. The molecule has 1 heterocycles. The normalized spacial score (nSPS) is 17.6. The molecular weight excluding hydrogens is 182 g/mol. The Morgan fingerprint density at radius 3 is 2.36 bits per heavy atom. The van der Waals surface area contributed by atoms with Crippen LogP contribution in [0.15, 0.2) is 12.2 Å². The minimum absolute atomic E-state index is 0.229. The first-order chi connectivity index (χ1) is 6.70. The smallest absolute Gasteiger partial charge is 0.253 e. The fourth-order valence-electron chi connectivity index (χ4n) is 1.57. The van der Waals surface area contributed by atoms with Gasteiger partial charge in [0.1, 0.15) is 6.29 Å². The van der Waals surface area contributed by atoms with Gasteiger partial charge in [-0.1, -0.05) is 13.3 Å². The van der Waals surface area contributed by atoms with Crippen LogP contribution in [0.3, 0.4) is 0 Å². The van der Waals surface area contributed by atoms with Crippen LogP contribution in [0.1, 0.15) is 26.2 Å². The van der Waals surface area contributed by atoms with Crippen LogP contribution in [0.4, 0.5) is 0 Å². The number of amides is 2. The SMILES string of the molecule is CCCC(CC=O)N1C(=O)C=CC1=O. The van der Waals surface area contributed by atoms with Crippen molar-refractivity contribution in [3.8, 4) is 0 Å². The summed E-state index contributed by atoms with van der Waals surface area (Å²) in [6, 6.07) is -0.271. The van der Waals surface area contributed by atoms with Crippen LogP contribution in [0, 0.1) is 0 Å². The lowest BCUT2D eigenvalue weighted by Crippen LogP contribution is -2.40. The van der Waals surface area contributed by atoms with Crippen molar-refractivity contribution in [2.45, 2.75) is 32.2 Å². The van der Waals surface area contributed by atoms with Crippen LogP contribution in [-0.2, 0) is 14.4 Å². The zero-order valence-corrected chi connectivity index (χ0v) is 8.10. The highest BCUT2D eigenvalue weighted by molar-refractivity contribution is 6.13. The standard InChI is InChI=1S/C10H13NO3/c1-2-3-8(6-7-12)11-9(13)4-5-10(11)14/h4-5,7-8H,2-3,6H2,1H3. The van der Waals surface area contributed by atoms with Gasteiger partial charge in [0.25, 0.3) is 11.8 Å². The third-order valence-electron chi connectivity index (χ3n) is 2.20. The first kappa shape index (κ1) is 10.6. The second-order valence-corrected chi connectivity index (χ2v) is 3.22. The molecule has 0 spiro atoms. The van der Waals surface area contributed by atoms with E-state index >= 15 is 0 Å². The van der Waals surface area contributed by atoms with Gasteiger partial charge in [-0.3, -0.25) is 14.5 Å². The Labute approximate surface area is 82.6 Å². The zero-order valence-electron chi connectivity index (χ0n) is 8.10. The number of imide groups is 1. The second kappa shape index (κ2) is 4.69. The summed E-state index contributed by atoms with van der Waals surface area (Å²) in [6.45, 7) is 1.95. The van der Waals surface area contributed by atoms with Gasteiger partial charge in [0.15, 0.2) is 0 Å². The molecule has 14 heavy (non-hydrogen) atoms. The molecule has 4 heteroatoms. The third kappa shape index (κ3) is 2.07. The van der Waals surface area contributed by atoms with Gasteiger partial charge in [-0.25, -0.2) is 0 Å². The fraction of sp³-hybridized carbons (Fsp3) is 0.500. The molecule has 0 aromatic rings. The predicted molar refractivity (Wildman–Crippen MR) is 50.4 cm³/mol. The van der Waals surface area contributed by atoms with Gasteiger partial charge < -0.3 is 4.79 Å². The summed E-state index contributed by atoms with van der Waals surface area (Å²) in [4.78, 5) is 34.1. The van der Waals surface area contributed by atoms with Crippen LogP contribution in [0.25, 0.3) is 0 Å². The highest BCUT2D eigenvalue weighted by Crippen LogP contribution is 2.15. The summed E-state index contributed by atoms with van der Waals surface area (Å²) in [7, 11) is 0. The van der Waals surface area contributed by atoms with E-state index in [1.54, 1.807) is 0 Å². The minimum Gasteiger partial charge on any atom is -0.303 e. The Morgan fingerprint density at radius 1 is 1.36 bits per heavy atom. The van der Waals surface area contributed by atoms with E-state index in [-0.39, 0.29) is 24.3 Å². The van der Waals surface area contributed by atoms with E-state index in [4.69, 9.17) is 0 Å². The van der Waals surface area contributed by atoms with Crippen molar-refractivity contribution in [2.24, 2.45) is 0 Å². The largest absolute Gasteiger partial charge is 0.303 e. The Kier molecular flexibility index (Phi) is 3.56. The molecule has 0 bridgehead atoms. The van der Waals surface area contributed by atoms with Crippen LogP contribution >= 0.6 is 0 Å². The van der Waals surface area contributed by atoms with E-state index in [0.717, 1.165) is 17.6 Å². The Hall–Kier alpha value is -1.45. The van der Waals surface area contributed by atoms with E-state index in [1.165, 1.54) is 12.2 Å². The predicted octanol–water partition coefficient (Wildman–Crippen LogP) is 0.669. The van der Waals surface area contributed by atoms with E-state index in [0.29, 0.717) is 6.42 Å². The molecule has 1 rings (SSSR count). The summed E-state index contributed by atoms with van der Waals surface area (Å²) in [6.07, 6.45) is 4.99. The summed E-state index contributed by atoms with van der Waals surface area (Å²) < 4.78 is 0. The van der Waals surface area contributed by atoms with Gasteiger partial charge in [0.2, 0.25) is 0 Å². The number of hydrogen-bond donors (Lipinski definition) is 0. The molecule has 1 unspecified atom stereocenters. The van der Waals surface area contributed by atoms with Crippen LogP contribution in [-0.4, -0.2) is 29.0 Å². The van der Waals surface area contributed by atoms with Gasteiger partial charge in [-0.15, -0.1) is 0 Å². The number of rotatable bonds is 5. The maximum absolute atomic E-state index is 11.3. The van der Waals surface area contributed by atoms with Crippen molar-refractivity contribution >= 4 is 18.1 Å². The fourth-order valence-corrected chi connectivity index (χ4v) is 1.57. The van der Waals surface area contributed by atoms with Gasteiger partial charge in [0, 0.05) is 24.6 Å². The molecule has 2 amide bonds. The molecule has 4 nitrogen and oxygen atoms in total. The molecule has 0 aromatic carbocycles. The Morgan fingerprint density at radius 2 is 1.93 bits per heavy atom. The van der Waals surface area contributed by atoms with Crippen molar-refractivity contribution in [2.75, 3.05) is 0 Å². The molecule has 0 saturated carbocycles. The number of carbonyl (C=O) groups is 3. The maximum Gasteiger partial charge on any atom is 0.253 e. The number of nitrogens with zero attached hydrogens (tertiary/aromatic N) is 1. The third-order valence-corrected chi connectivity index (χ3v) is 2.20. The van der Waals surface area contributed by atoms with E-state index in [1.807, 2.05) is 6.92 Å². The van der Waals surface area contributed by atoms with Crippen LogP contribution < -0.4 is 0 Å². The van der Waals surface area contributed by atoms with Crippen molar-refractivity contribution in [3.05, 3.63) is 12.2 Å².